The fourth-order valence-corrected chi connectivity index (χ4v) is 3.21. The van der Waals surface area contributed by atoms with Crippen molar-refractivity contribution < 1.29 is 13.9 Å². The van der Waals surface area contributed by atoms with Crippen molar-refractivity contribution in [3.63, 3.8) is 0 Å². The van der Waals surface area contributed by atoms with E-state index in [-0.39, 0.29) is 5.41 Å². The first-order chi connectivity index (χ1) is 9.46. The predicted molar refractivity (Wildman–Crippen MR) is 76.1 cm³/mol. The Bertz CT molecular complexity index is 512. The van der Waals surface area contributed by atoms with Crippen molar-refractivity contribution in [1.29, 1.82) is 0 Å². The van der Waals surface area contributed by atoms with Gasteiger partial charge in [-0.3, -0.25) is 0 Å². The molecule has 3 nitrogen and oxygen atoms in total. The van der Waals surface area contributed by atoms with E-state index in [0.717, 1.165) is 30.6 Å². The first kappa shape index (κ1) is 13.7. The Labute approximate surface area is 119 Å². The van der Waals surface area contributed by atoms with Crippen molar-refractivity contribution >= 4 is 0 Å². The van der Waals surface area contributed by atoms with Gasteiger partial charge in [-0.15, -0.1) is 0 Å². The first-order valence-electron chi connectivity index (χ1n) is 7.30. The molecule has 0 spiro atoms. The van der Waals surface area contributed by atoms with Crippen LogP contribution in [0.15, 0.2) is 12.1 Å². The molecule has 3 rings (SSSR count). The largest absolute Gasteiger partial charge is 0.486 e. The summed E-state index contributed by atoms with van der Waals surface area (Å²) in [5, 5.41) is 0. The number of fused-ring (bicyclic) bond motifs is 1. The number of ether oxygens (including phenoxy) is 2. The molecule has 0 unspecified atom stereocenters. The van der Waals surface area contributed by atoms with Gasteiger partial charge in [0.25, 0.3) is 0 Å². The van der Waals surface area contributed by atoms with Gasteiger partial charge in [0.2, 0.25) is 0 Å². The monoisotopic (exact) mass is 279 g/mol. The number of benzene rings is 1. The highest BCUT2D eigenvalue weighted by molar-refractivity contribution is 5.53. The van der Waals surface area contributed by atoms with Crippen LogP contribution in [0.1, 0.15) is 44.2 Å². The standard InChI is InChI=1S/C16H22FNO2/c1-15(2,17)11-8-13-14(20-7-6-19-13)9-12(11)16(10-18)4-3-5-16/h8-9H,3-7,10,18H2,1-2H3. The highest BCUT2D eigenvalue weighted by atomic mass is 19.1. The minimum atomic E-state index is -1.41. The molecule has 0 saturated heterocycles. The van der Waals surface area contributed by atoms with E-state index in [1.807, 2.05) is 6.07 Å². The van der Waals surface area contributed by atoms with Gasteiger partial charge in [0.05, 0.1) is 0 Å². The molecule has 20 heavy (non-hydrogen) atoms. The number of alkyl halides is 1. The number of hydrogen-bond acceptors (Lipinski definition) is 3. The van der Waals surface area contributed by atoms with Crippen molar-refractivity contribution in [3.05, 3.63) is 23.3 Å². The summed E-state index contributed by atoms with van der Waals surface area (Å²) in [4.78, 5) is 0. The van der Waals surface area contributed by atoms with Gasteiger partial charge in [-0.1, -0.05) is 6.42 Å². The Balaban J connectivity index is 2.15. The summed E-state index contributed by atoms with van der Waals surface area (Å²) < 4.78 is 25.9. The molecule has 2 N–H and O–H groups in total. The van der Waals surface area contributed by atoms with Crippen LogP contribution in [0.3, 0.4) is 0 Å². The third kappa shape index (κ3) is 2.06. The van der Waals surface area contributed by atoms with Gasteiger partial charge < -0.3 is 15.2 Å². The molecule has 0 atom stereocenters. The average Bonchev–Trinajstić information content (AvgIpc) is 2.36. The summed E-state index contributed by atoms with van der Waals surface area (Å²) in [6, 6.07) is 3.76. The van der Waals surface area contributed by atoms with Crippen molar-refractivity contribution in [2.24, 2.45) is 5.73 Å². The third-order valence-electron chi connectivity index (χ3n) is 4.60. The summed E-state index contributed by atoms with van der Waals surface area (Å²) in [6.45, 7) is 4.78. The molecule has 1 saturated carbocycles. The zero-order chi connectivity index (χ0) is 14.4. The van der Waals surface area contributed by atoms with E-state index >= 15 is 0 Å². The molecule has 1 aliphatic carbocycles. The molecule has 0 amide bonds. The van der Waals surface area contributed by atoms with Gasteiger partial charge >= 0.3 is 0 Å². The zero-order valence-electron chi connectivity index (χ0n) is 12.2. The lowest BCUT2D eigenvalue weighted by Gasteiger charge is -2.44. The van der Waals surface area contributed by atoms with Crippen molar-refractivity contribution in [3.8, 4) is 11.5 Å². The van der Waals surface area contributed by atoms with E-state index < -0.39 is 5.67 Å². The summed E-state index contributed by atoms with van der Waals surface area (Å²) in [5.74, 6) is 1.37. The highest BCUT2D eigenvalue weighted by Gasteiger charge is 2.42. The fourth-order valence-electron chi connectivity index (χ4n) is 3.21. The SMILES string of the molecule is CC(C)(F)c1cc2c(cc1C1(CN)CCC1)OCCO2. The molecule has 0 radical (unpaired) electrons. The van der Waals surface area contributed by atoms with Crippen LogP contribution >= 0.6 is 0 Å². The Morgan fingerprint density at radius 1 is 1.20 bits per heavy atom. The first-order valence-corrected chi connectivity index (χ1v) is 7.30. The second kappa shape index (κ2) is 4.62. The molecule has 0 bridgehead atoms. The Morgan fingerprint density at radius 2 is 1.80 bits per heavy atom. The van der Waals surface area contributed by atoms with E-state index in [0.29, 0.717) is 31.1 Å². The molecule has 1 heterocycles. The topological polar surface area (TPSA) is 44.5 Å². The predicted octanol–water partition coefficient (Wildman–Crippen LogP) is 3.04. The molecule has 110 valence electrons. The van der Waals surface area contributed by atoms with E-state index in [1.54, 1.807) is 19.9 Å². The highest BCUT2D eigenvalue weighted by Crippen LogP contribution is 2.50. The summed E-state index contributed by atoms with van der Waals surface area (Å²) in [6.07, 6.45) is 3.19. The number of hydrogen-bond donors (Lipinski definition) is 1. The number of nitrogens with two attached hydrogens (primary N) is 1. The van der Waals surface area contributed by atoms with Crippen LogP contribution in [0.25, 0.3) is 0 Å². The minimum absolute atomic E-state index is 0.0888. The van der Waals surface area contributed by atoms with E-state index in [9.17, 15) is 4.39 Å². The Kier molecular flexibility index (Phi) is 3.16. The lowest BCUT2D eigenvalue weighted by Crippen LogP contribution is -2.43. The van der Waals surface area contributed by atoms with Crippen molar-refractivity contribution in [2.75, 3.05) is 19.8 Å². The van der Waals surface area contributed by atoms with Gasteiger partial charge in [0, 0.05) is 12.0 Å². The molecule has 2 aliphatic rings. The maximum absolute atomic E-state index is 14.6. The van der Waals surface area contributed by atoms with Gasteiger partial charge in [-0.05, 0) is 49.9 Å². The summed E-state index contributed by atoms with van der Waals surface area (Å²) in [7, 11) is 0. The van der Waals surface area contributed by atoms with Gasteiger partial charge in [-0.25, -0.2) is 4.39 Å². The third-order valence-corrected chi connectivity index (χ3v) is 4.60. The van der Waals surface area contributed by atoms with Gasteiger partial charge in [0.1, 0.15) is 18.9 Å². The van der Waals surface area contributed by atoms with Crippen molar-refractivity contribution in [1.82, 2.24) is 0 Å². The number of rotatable bonds is 3. The van der Waals surface area contributed by atoms with Crippen molar-refractivity contribution in [2.45, 2.75) is 44.2 Å². The van der Waals surface area contributed by atoms with Crippen LogP contribution in [0.4, 0.5) is 4.39 Å². The van der Waals surface area contributed by atoms with E-state index in [1.165, 1.54) is 0 Å². The zero-order valence-corrected chi connectivity index (χ0v) is 12.2. The van der Waals surface area contributed by atoms with Crippen LogP contribution in [0.5, 0.6) is 11.5 Å². The number of halogens is 1. The van der Waals surface area contributed by atoms with Crippen LogP contribution in [0.2, 0.25) is 0 Å². The van der Waals surface area contributed by atoms with E-state index in [4.69, 9.17) is 15.2 Å². The normalized spacial score (nSPS) is 20.4. The van der Waals surface area contributed by atoms with Gasteiger partial charge in [-0.2, -0.15) is 0 Å². The molecule has 0 aromatic heterocycles. The second-order valence-corrected chi connectivity index (χ2v) is 6.35. The van der Waals surface area contributed by atoms with E-state index in [2.05, 4.69) is 0 Å². The summed E-state index contributed by atoms with van der Waals surface area (Å²) in [5.41, 5.74) is 6.18. The Hall–Kier alpha value is -1.29. The molecule has 4 heteroatoms. The minimum Gasteiger partial charge on any atom is -0.486 e. The molecule has 1 aromatic rings. The summed E-state index contributed by atoms with van der Waals surface area (Å²) >= 11 is 0. The second-order valence-electron chi connectivity index (χ2n) is 6.35. The van der Waals surface area contributed by atoms with Crippen LogP contribution in [-0.2, 0) is 11.1 Å². The van der Waals surface area contributed by atoms with Gasteiger partial charge in [0.15, 0.2) is 11.5 Å². The maximum Gasteiger partial charge on any atom is 0.161 e. The quantitative estimate of drug-likeness (QED) is 0.925. The lowest BCUT2D eigenvalue weighted by atomic mass is 9.62. The molecular formula is C16H22FNO2. The molecule has 1 fully saturated rings. The van der Waals surface area contributed by atoms with Crippen LogP contribution in [0, 0.1) is 0 Å². The lowest BCUT2D eigenvalue weighted by molar-refractivity contribution is 0.164. The van der Waals surface area contributed by atoms with Crippen LogP contribution in [-0.4, -0.2) is 19.8 Å². The molecule has 1 aromatic carbocycles. The smallest absolute Gasteiger partial charge is 0.161 e. The molecular weight excluding hydrogens is 257 g/mol. The fraction of sp³-hybridized carbons (Fsp3) is 0.625. The average molecular weight is 279 g/mol. The maximum atomic E-state index is 14.6. The molecule has 1 aliphatic heterocycles. The van der Waals surface area contributed by atoms with Crippen LogP contribution < -0.4 is 15.2 Å². The Morgan fingerprint density at radius 3 is 2.25 bits per heavy atom.